The molecule has 0 unspecified atom stereocenters. The van der Waals surface area contributed by atoms with Gasteiger partial charge in [0, 0.05) is 19.3 Å². The Morgan fingerprint density at radius 2 is 1.40 bits per heavy atom. The Hall–Kier alpha value is -0.940. The maximum Gasteiger partial charge on any atom is 0.252 e. The van der Waals surface area contributed by atoms with E-state index in [9.17, 15) is 4.79 Å². The zero-order chi connectivity index (χ0) is 18.2. The second-order valence-corrected chi connectivity index (χ2v) is 7.40. The third kappa shape index (κ3) is 12.1. The lowest BCUT2D eigenvalue weighted by molar-refractivity contribution is 0.0952. The number of nitrogens with zero attached hydrogens (tertiary/aromatic N) is 1. The van der Waals surface area contributed by atoms with Crippen LogP contribution in [0, 0.1) is 0 Å². The number of nitrogens with one attached hydrogen (secondary N) is 1. The molecule has 5 heteroatoms. The number of aliphatic hydroxyl groups is 1. The SMILES string of the molecule is O=C(NCCCCCCCCCCCCCCO)c1ccc(Br)nc1. The van der Waals surface area contributed by atoms with Gasteiger partial charge in [-0.3, -0.25) is 4.79 Å². The van der Waals surface area contributed by atoms with Crippen LogP contribution in [-0.2, 0) is 0 Å². The molecular formula is C20H33BrN2O2. The standard InChI is InChI=1S/C20H33BrN2O2/c21-19-14-13-18(17-23-19)20(25)22-15-11-9-7-5-3-1-2-4-6-8-10-12-16-24/h13-14,17,24H,1-12,15-16H2,(H,22,25). The van der Waals surface area contributed by atoms with Gasteiger partial charge in [-0.05, 0) is 40.9 Å². The molecule has 1 aromatic rings. The largest absolute Gasteiger partial charge is 0.396 e. The first-order chi connectivity index (χ1) is 12.2. The molecule has 2 N–H and O–H groups in total. The molecule has 0 saturated heterocycles. The van der Waals surface area contributed by atoms with E-state index in [2.05, 4.69) is 26.2 Å². The molecule has 142 valence electrons. The Morgan fingerprint density at radius 1 is 0.880 bits per heavy atom. The first-order valence-electron chi connectivity index (χ1n) is 9.74. The summed E-state index contributed by atoms with van der Waals surface area (Å²) in [6.45, 7) is 1.08. The number of unbranched alkanes of at least 4 members (excludes halogenated alkanes) is 11. The maximum absolute atomic E-state index is 11.9. The van der Waals surface area contributed by atoms with Crippen molar-refractivity contribution >= 4 is 21.8 Å². The van der Waals surface area contributed by atoms with Crippen LogP contribution >= 0.6 is 15.9 Å². The molecule has 0 bridgehead atoms. The molecule has 0 radical (unpaired) electrons. The second kappa shape index (κ2) is 15.3. The molecule has 0 fully saturated rings. The van der Waals surface area contributed by atoms with Crippen LogP contribution in [0.15, 0.2) is 22.9 Å². The number of carbonyl (C=O) groups is 1. The summed E-state index contributed by atoms with van der Waals surface area (Å²) < 4.78 is 0.741. The molecule has 1 heterocycles. The smallest absolute Gasteiger partial charge is 0.252 e. The van der Waals surface area contributed by atoms with Crippen molar-refractivity contribution in [3.05, 3.63) is 28.5 Å². The highest BCUT2D eigenvalue weighted by Gasteiger charge is 2.04. The van der Waals surface area contributed by atoms with Gasteiger partial charge in [0.1, 0.15) is 4.60 Å². The summed E-state index contributed by atoms with van der Waals surface area (Å²) in [5.41, 5.74) is 0.611. The van der Waals surface area contributed by atoms with Gasteiger partial charge in [0.05, 0.1) is 5.56 Å². The van der Waals surface area contributed by atoms with E-state index in [0.717, 1.165) is 24.0 Å². The number of hydrogen-bond acceptors (Lipinski definition) is 3. The second-order valence-electron chi connectivity index (χ2n) is 6.59. The van der Waals surface area contributed by atoms with Gasteiger partial charge < -0.3 is 10.4 Å². The number of rotatable bonds is 15. The van der Waals surface area contributed by atoms with Gasteiger partial charge >= 0.3 is 0 Å². The molecule has 1 rings (SSSR count). The third-order valence-corrected chi connectivity index (χ3v) is 4.83. The highest BCUT2D eigenvalue weighted by Crippen LogP contribution is 2.12. The van der Waals surface area contributed by atoms with Crippen molar-refractivity contribution < 1.29 is 9.90 Å². The molecule has 0 aromatic carbocycles. The van der Waals surface area contributed by atoms with Gasteiger partial charge in [-0.2, -0.15) is 0 Å². The average Bonchev–Trinajstić information content (AvgIpc) is 2.62. The number of halogens is 1. The van der Waals surface area contributed by atoms with Crippen molar-refractivity contribution in [3.63, 3.8) is 0 Å². The Bertz CT molecular complexity index is 452. The highest BCUT2D eigenvalue weighted by atomic mass is 79.9. The van der Waals surface area contributed by atoms with E-state index in [1.54, 1.807) is 18.3 Å². The fourth-order valence-electron chi connectivity index (χ4n) is 2.82. The number of amides is 1. The molecule has 0 spiro atoms. The molecule has 25 heavy (non-hydrogen) atoms. The lowest BCUT2D eigenvalue weighted by atomic mass is 10.1. The van der Waals surface area contributed by atoms with Crippen LogP contribution in [0.1, 0.15) is 87.4 Å². The van der Waals surface area contributed by atoms with E-state index < -0.39 is 0 Å². The first-order valence-corrected chi connectivity index (χ1v) is 10.5. The van der Waals surface area contributed by atoms with Crippen molar-refractivity contribution in [2.24, 2.45) is 0 Å². The number of hydrogen-bond donors (Lipinski definition) is 2. The zero-order valence-electron chi connectivity index (χ0n) is 15.3. The monoisotopic (exact) mass is 412 g/mol. The fraction of sp³-hybridized carbons (Fsp3) is 0.700. The summed E-state index contributed by atoms with van der Waals surface area (Å²) in [6.07, 6.45) is 16.4. The van der Waals surface area contributed by atoms with E-state index in [0.29, 0.717) is 12.2 Å². The van der Waals surface area contributed by atoms with Crippen molar-refractivity contribution in [2.45, 2.75) is 77.0 Å². The molecule has 0 atom stereocenters. The number of aliphatic hydroxyl groups excluding tert-OH is 1. The predicted molar refractivity (Wildman–Crippen MR) is 107 cm³/mol. The predicted octanol–water partition coefficient (Wildman–Crippen LogP) is 5.25. The van der Waals surface area contributed by atoms with Crippen molar-refractivity contribution in [1.29, 1.82) is 0 Å². The zero-order valence-corrected chi connectivity index (χ0v) is 16.9. The molecule has 4 nitrogen and oxygen atoms in total. The van der Waals surface area contributed by atoms with Gasteiger partial charge in [-0.25, -0.2) is 4.98 Å². The van der Waals surface area contributed by atoms with E-state index >= 15 is 0 Å². The quantitative estimate of drug-likeness (QED) is 0.305. The summed E-state index contributed by atoms with van der Waals surface area (Å²) in [5.74, 6) is -0.0426. The minimum absolute atomic E-state index is 0.0426. The topological polar surface area (TPSA) is 62.2 Å². The Morgan fingerprint density at radius 3 is 1.88 bits per heavy atom. The Labute approximate surface area is 160 Å². The molecule has 0 aliphatic carbocycles. The summed E-state index contributed by atoms with van der Waals surface area (Å²) in [7, 11) is 0. The minimum atomic E-state index is -0.0426. The van der Waals surface area contributed by atoms with Gasteiger partial charge in [-0.1, -0.05) is 64.2 Å². The maximum atomic E-state index is 11.9. The summed E-state index contributed by atoms with van der Waals surface area (Å²) >= 11 is 3.26. The summed E-state index contributed by atoms with van der Waals surface area (Å²) in [4.78, 5) is 16.0. The fourth-order valence-corrected chi connectivity index (χ4v) is 3.05. The Balaban J connectivity index is 1.84. The van der Waals surface area contributed by atoms with Crippen LogP contribution in [0.25, 0.3) is 0 Å². The molecule has 0 aliphatic rings. The minimum Gasteiger partial charge on any atom is -0.396 e. The highest BCUT2D eigenvalue weighted by molar-refractivity contribution is 9.10. The lowest BCUT2D eigenvalue weighted by Crippen LogP contribution is -2.24. The summed E-state index contributed by atoms with van der Waals surface area (Å²) in [6, 6.07) is 3.56. The van der Waals surface area contributed by atoms with Gasteiger partial charge in [0.25, 0.3) is 5.91 Å². The molecule has 1 aromatic heterocycles. The molecule has 0 saturated carbocycles. The molecular weight excluding hydrogens is 380 g/mol. The number of carbonyl (C=O) groups excluding carboxylic acids is 1. The normalized spacial score (nSPS) is 10.8. The number of aromatic nitrogens is 1. The lowest BCUT2D eigenvalue weighted by Gasteiger charge is -2.05. The van der Waals surface area contributed by atoms with Crippen molar-refractivity contribution in [2.75, 3.05) is 13.2 Å². The van der Waals surface area contributed by atoms with Crippen LogP contribution in [0.3, 0.4) is 0 Å². The average molecular weight is 413 g/mol. The van der Waals surface area contributed by atoms with Crippen LogP contribution in [-0.4, -0.2) is 29.1 Å². The van der Waals surface area contributed by atoms with Crippen LogP contribution in [0.2, 0.25) is 0 Å². The molecule has 1 amide bonds. The van der Waals surface area contributed by atoms with Crippen molar-refractivity contribution in [3.8, 4) is 0 Å². The van der Waals surface area contributed by atoms with Gasteiger partial charge in [0.15, 0.2) is 0 Å². The molecule has 0 aliphatic heterocycles. The van der Waals surface area contributed by atoms with Crippen LogP contribution in [0.5, 0.6) is 0 Å². The van der Waals surface area contributed by atoms with Crippen LogP contribution < -0.4 is 5.32 Å². The van der Waals surface area contributed by atoms with E-state index in [1.165, 1.54) is 64.2 Å². The van der Waals surface area contributed by atoms with Gasteiger partial charge in [0.2, 0.25) is 0 Å². The summed E-state index contributed by atoms with van der Waals surface area (Å²) in [5, 5.41) is 11.7. The van der Waals surface area contributed by atoms with E-state index in [1.807, 2.05) is 0 Å². The Kier molecular flexibility index (Phi) is 13.5. The van der Waals surface area contributed by atoms with Crippen molar-refractivity contribution in [1.82, 2.24) is 10.3 Å². The third-order valence-electron chi connectivity index (χ3n) is 4.36. The van der Waals surface area contributed by atoms with E-state index in [-0.39, 0.29) is 5.91 Å². The van der Waals surface area contributed by atoms with Crippen LogP contribution in [0.4, 0.5) is 0 Å². The number of pyridine rings is 1. The van der Waals surface area contributed by atoms with Gasteiger partial charge in [-0.15, -0.1) is 0 Å². The first kappa shape index (κ1) is 22.1. The van der Waals surface area contributed by atoms with E-state index in [4.69, 9.17) is 5.11 Å².